The monoisotopic (exact) mass is 396 g/mol. The third kappa shape index (κ3) is 5.72. The Morgan fingerprint density at radius 1 is 1.15 bits per heavy atom. The summed E-state index contributed by atoms with van der Waals surface area (Å²) in [5.41, 5.74) is 4.00. The second-order valence-electron chi connectivity index (χ2n) is 5.75. The second kappa shape index (κ2) is 9.02. The molecule has 0 fully saturated rings. The molecule has 0 aromatic heterocycles. The van der Waals surface area contributed by atoms with E-state index in [1.807, 2.05) is 6.92 Å². The van der Waals surface area contributed by atoms with Gasteiger partial charge in [0.25, 0.3) is 15.9 Å². The topological polar surface area (TPSA) is 84.5 Å². The first kappa shape index (κ1) is 20.2. The maximum Gasteiger partial charge on any atom is 0.272 e. The Hall–Kier alpha value is -2.09. The summed E-state index contributed by atoms with van der Waals surface area (Å²) < 4.78 is 29.7. The van der Waals surface area contributed by atoms with Crippen LogP contribution in [-0.4, -0.2) is 20.9 Å². The third-order valence-electron chi connectivity index (χ3n) is 3.60. The molecule has 1 amide bonds. The molecule has 0 unspecified atom stereocenters. The van der Waals surface area contributed by atoms with Crippen molar-refractivity contribution >= 4 is 27.5 Å². The van der Waals surface area contributed by atoms with Gasteiger partial charge in [-0.3, -0.25) is 10.2 Å². The minimum atomic E-state index is -3.84. The number of ether oxygens (including phenoxy) is 1. The predicted octanol–water partition coefficient (Wildman–Crippen LogP) is 2.99. The molecule has 2 N–H and O–H groups in total. The largest absolute Gasteiger partial charge is 0.484 e. The standard InChI is InChI=1S/C18H21ClN2O4S/c1-3-4-14-5-8-16(9-6-14)26(23,24)21-20-18(22)12-25-15-7-10-17(19)13(2)11-15/h5-11,21H,3-4,12H2,1-2H3,(H,20,22). The summed E-state index contributed by atoms with van der Waals surface area (Å²) in [7, 11) is -3.84. The SMILES string of the molecule is CCCc1ccc(S(=O)(=O)NNC(=O)COc2ccc(Cl)c(C)c2)cc1. The summed E-state index contributed by atoms with van der Waals surface area (Å²) in [5.74, 6) is -0.153. The van der Waals surface area contributed by atoms with Crippen molar-refractivity contribution in [3.05, 3.63) is 58.6 Å². The number of hydrazine groups is 1. The quantitative estimate of drug-likeness (QED) is 0.672. The van der Waals surface area contributed by atoms with Gasteiger partial charge in [-0.15, -0.1) is 4.83 Å². The number of hydrogen-bond donors (Lipinski definition) is 2. The van der Waals surface area contributed by atoms with Gasteiger partial charge in [-0.25, -0.2) is 8.42 Å². The molecule has 6 nitrogen and oxygen atoms in total. The number of carbonyl (C=O) groups excluding carboxylic acids is 1. The smallest absolute Gasteiger partial charge is 0.272 e. The van der Waals surface area contributed by atoms with Crippen molar-refractivity contribution in [2.75, 3.05) is 6.61 Å². The fourth-order valence-corrected chi connectivity index (χ4v) is 3.18. The zero-order chi connectivity index (χ0) is 19.2. The minimum absolute atomic E-state index is 0.0758. The molecular weight excluding hydrogens is 376 g/mol. The van der Waals surface area contributed by atoms with Gasteiger partial charge in [0.1, 0.15) is 5.75 Å². The molecule has 2 aromatic carbocycles. The van der Waals surface area contributed by atoms with Crippen LogP contribution in [0.15, 0.2) is 47.4 Å². The molecule has 8 heteroatoms. The van der Waals surface area contributed by atoms with E-state index in [4.69, 9.17) is 16.3 Å². The van der Waals surface area contributed by atoms with Gasteiger partial charge in [0.2, 0.25) is 0 Å². The number of hydrogen-bond acceptors (Lipinski definition) is 4. The Bertz CT molecular complexity index is 867. The maximum absolute atomic E-state index is 12.2. The highest BCUT2D eigenvalue weighted by Crippen LogP contribution is 2.20. The van der Waals surface area contributed by atoms with Gasteiger partial charge in [0.15, 0.2) is 6.61 Å². The van der Waals surface area contributed by atoms with Gasteiger partial charge in [-0.05, 0) is 54.8 Å². The molecule has 140 valence electrons. The first-order valence-corrected chi connectivity index (χ1v) is 9.96. The van der Waals surface area contributed by atoms with E-state index in [0.29, 0.717) is 10.8 Å². The van der Waals surface area contributed by atoms with Gasteiger partial charge in [0, 0.05) is 5.02 Å². The van der Waals surface area contributed by atoms with E-state index < -0.39 is 15.9 Å². The van der Waals surface area contributed by atoms with Gasteiger partial charge in [0.05, 0.1) is 4.90 Å². The van der Waals surface area contributed by atoms with Crippen LogP contribution in [0.5, 0.6) is 5.75 Å². The Kier molecular flexibility index (Phi) is 7.02. The van der Waals surface area contributed by atoms with Crippen LogP contribution in [-0.2, 0) is 21.2 Å². The van der Waals surface area contributed by atoms with Crippen molar-refractivity contribution in [3.63, 3.8) is 0 Å². The lowest BCUT2D eigenvalue weighted by molar-refractivity contribution is -0.123. The Morgan fingerprint density at radius 3 is 2.46 bits per heavy atom. The van der Waals surface area contributed by atoms with Gasteiger partial charge >= 0.3 is 0 Å². The lowest BCUT2D eigenvalue weighted by Crippen LogP contribution is -2.43. The normalized spacial score (nSPS) is 11.2. The molecule has 2 rings (SSSR count). The first-order chi connectivity index (χ1) is 12.3. The zero-order valence-electron chi connectivity index (χ0n) is 14.6. The van der Waals surface area contributed by atoms with Crippen LogP contribution in [0.4, 0.5) is 0 Å². The van der Waals surface area contributed by atoms with E-state index in [-0.39, 0.29) is 11.5 Å². The van der Waals surface area contributed by atoms with E-state index in [2.05, 4.69) is 17.2 Å². The van der Waals surface area contributed by atoms with Crippen molar-refractivity contribution in [3.8, 4) is 5.75 Å². The highest BCUT2D eigenvalue weighted by molar-refractivity contribution is 7.89. The lowest BCUT2D eigenvalue weighted by atomic mass is 10.1. The average Bonchev–Trinajstić information content (AvgIpc) is 2.62. The molecule has 26 heavy (non-hydrogen) atoms. The number of halogens is 1. The van der Waals surface area contributed by atoms with E-state index in [1.165, 1.54) is 12.1 Å². The molecule has 0 heterocycles. The molecule has 0 radical (unpaired) electrons. The maximum atomic E-state index is 12.2. The summed E-state index contributed by atoms with van der Waals surface area (Å²) >= 11 is 5.92. The highest BCUT2D eigenvalue weighted by Gasteiger charge is 2.15. The predicted molar refractivity (Wildman–Crippen MR) is 101 cm³/mol. The van der Waals surface area contributed by atoms with Gasteiger partial charge in [-0.2, -0.15) is 0 Å². The summed E-state index contributed by atoms with van der Waals surface area (Å²) in [6, 6.07) is 11.5. The van der Waals surface area contributed by atoms with Crippen LogP contribution in [0, 0.1) is 6.92 Å². The van der Waals surface area contributed by atoms with Crippen molar-refractivity contribution in [2.24, 2.45) is 0 Å². The Labute approximate surface area is 158 Å². The summed E-state index contributed by atoms with van der Waals surface area (Å²) in [6.07, 6.45) is 1.86. The summed E-state index contributed by atoms with van der Waals surface area (Å²) in [4.78, 5) is 13.9. The fourth-order valence-electron chi connectivity index (χ4n) is 2.20. The van der Waals surface area contributed by atoms with Gasteiger partial charge < -0.3 is 4.74 Å². The number of amides is 1. The minimum Gasteiger partial charge on any atom is -0.484 e. The molecule has 0 saturated heterocycles. The van der Waals surface area contributed by atoms with Crippen molar-refractivity contribution in [1.29, 1.82) is 0 Å². The molecule has 0 aliphatic carbocycles. The van der Waals surface area contributed by atoms with Crippen LogP contribution < -0.4 is 15.0 Å². The van der Waals surface area contributed by atoms with Crippen LogP contribution in [0.1, 0.15) is 24.5 Å². The molecule has 0 spiro atoms. The Balaban J connectivity index is 1.87. The molecule has 0 bridgehead atoms. The number of rotatable bonds is 8. The van der Waals surface area contributed by atoms with E-state index in [9.17, 15) is 13.2 Å². The fraction of sp³-hybridized carbons (Fsp3) is 0.278. The highest BCUT2D eigenvalue weighted by atomic mass is 35.5. The van der Waals surface area contributed by atoms with Gasteiger partial charge in [-0.1, -0.05) is 37.1 Å². The molecule has 2 aromatic rings. The number of carbonyl (C=O) groups is 1. The van der Waals surface area contributed by atoms with Crippen LogP contribution in [0.2, 0.25) is 5.02 Å². The first-order valence-electron chi connectivity index (χ1n) is 8.10. The second-order valence-corrected chi connectivity index (χ2v) is 7.84. The number of sulfonamides is 1. The molecular formula is C18H21ClN2O4S. The molecule has 0 saturated carbocycles. The number of benzene rings is 2. The van der Waals surface area contributed by atoms with Crippen molar-refractivity contribution in [2.45, 2.75) is 31.6 Å². The third-order valence-corrected chi connectivity index (χ3v) is 5.28. The van der Waals surface area contributed by atoms with E-state index in [0.717, 1.165) is 24.0 Å². The van der Waals surface area contributed by atoms with Crippen molar-refractivity contribution < 1.29 is 17.9 Å². The van der Waals surface area contributed by atoms with E-state index >= 15 is 0 Å². The molecule has 0 atom stereocenters. The number of aryl methyl sites for hydroxylation is 2. The lowest BCUT2D eigenvalue weighted by Gasteiger charge is -2.10. The van der Waals surface area contributed by atoms with E-state index in [1.54, 1.807) is 30.3 Å². The van der Waals surface area contributed by atoms with Crippen molar-refractivity contribution in [1.82, 2.24) is 10.3 Å². The van der Waals surface area contributed by atoms with Crippen LogP contribution in [0.25, 0.3) is 0 Å². The Morgan fingerprint density at radius 2 is 1.85 bits per heavy atom. The molecule has 0 aliphatic rings. The zero-order valence-corrected chi connectivity index (χ0v) is 16.2. The summed E-state index contributed by atoms with van der Waals surface area (Å²) in [6.45, 7) is 3.53. The van der Waals surface area contributed by atoms with Crippen LogP contribution >= 0.6 is 11.6 Å². The van der Waals surface area contributed by atoms with Crippen LogP contribution in [0.3, 0.4) is 0 Å². The summed E-state index contributed by atoms with van der Waals surface area (Å²) in [5, 5.41) is 0.597. The molecule has 0 aliphatic heterocycles. The average molecular weight is 397 g/mol. The number of nitrogens with one attached hydrogen (secondary N) is 2.